The van der Waals surface area contributed by atoms with Gasteiger partial charge in [-0.15, -0.1) is 0 Å². The summed E-state index contributed by atoms with van der Waals surface area (Å²) in [5.41, 5.74) is 0.858. The molecule has 0 N–H and O–H groups in total. The highest BCUT2D eigenvalue weighted by Gasteiger charge is 2.51. The van der Waals surface area contributed by atoms with Crippen molar-refractivity contribution in [3.63, 3.8) is 0 Å². The van der Waals surface area contributed by atoms with Crippen molar-refractivity contribution in [3.05, 3.63) is 48.5 Å². The van der Waals surface area contributed by atoms with Crippen molar-refractivity contribution in [1.29, 1.82) is 0 Å². The third-order valence-electron chi connectivity index (χ3n) is 4.91. The second-order valence-corrected chi connectivity index (χ2v) is 6.24. The number of amides is 1. The van der Waals surface area contributed by atoms with Crippen LogP contribution < -0.4 is 4.90 Å². The van der Waals surface area contributed by atoms with E-state index in [1.807, 2.05) is 29.2 Å². The van der Waals surface area contributed by atoms with E-state index in [0.717, 1.165) is 44.1 Å². The van der Waals surface area contributed by atoms with Crippen LogP contribution in [0.1, 0.15) is 18.5 Å². The number of aromatic nitrogens is 3. The Labute approximate surface area is 135 Å². The number of carbonyl (C=O) groups is 1. The lowest BCUT2D eigenvalue weighted by molar-refractivity contribution is -0.129. The number of pyridine rings is 1. The molecule has 1 amide bonds. The van der Waals surface area contributed by atoms with Crippen molar-refractivity contribution in [2.45, 2.75) is 24.8 Å². The maximum absolute atomic E-state index is 12.5. The lowest BCUT2D eigenvalue weighted by Crippen LogP contribution is -2.62. The Morgan fingerprint density at radius 1 is 1.04 bits per heavy atom. The van der Waals surface area contributed by atoms with Crippen molar-refractivity contribution in [3.8, 4) is 0 Å². The minimum atomic E-state index is 0.0289. The molecule has 0 saturated carbocycles. The summed E-state index contributed by atoms with van der Waals surface area (Å²) in [6, 6.07) is 7.51. The number of carbonyl (C=O) groups excluding carboxylic acids is 1. The van der Waals surface area contributed by atoms with Crippen LogP contribution in [0.15, 0.2) is 42.9 Å². The van der Waals surface area contributed by atoms with E-state index in [1.165, 1.54) is 0 Å². The van der Waals surface area contributed by atoms with Crippen LogP contribution in [-0.4, -0.2) is 50.9 Å². The van der Waals surface area contributed by atoms with Gasteiger partial charge in [-0.25, -0.2) is 9.97 Å². The van der Waals surface area contributed by atoms with Gasteiger partial charge in [-0.1, -0.05) is 6.07 Å². The maximum Gasteiger partial charge on any atom is 0.228 e. The van der Waals surface area contributed by atoms with E-state index < -0.39 is 0 Å². The number of hydrogen-bond donors (Lipinski definition) is 0. The molecule has 2 aromatic heterocycles. The fourth-order valence-electron chi connectivity index (χ4n) is 3.55. The molecule has 2 aliphatic rings. The molecule has 23 heavy (non-hydrogen) atoms. The molecule has 1 atom stereocenters. The van der Waals surface area contributed by atoms with Gasteiger partial charge >= 0.3 is 0 Å². The Morgan fingerprint density at radius 2 is 1.83 bits per heavy atom. The summed E-state index contributed by atoms with van der Waals surface area (Å²) < 4.78 is 0. The molecule has 2 aliphatic heterocycles. The van der Waals surface area contributed by atoms with E-state index >= 15 is 0 Å². The standard InChI is InChI=1S/C17H19N5O/c23-15(12-14-4-1-2-7-18-14)21-10-5-17(13-21)6-11-22(17)16-19-8-3-9-20-16/h1-4,7-9H,5-6,10-13H2/t17-/m0/s1. The second-order valence-electron chi connectivity index (χ2n) is 6.24. The second kappa shape index (κ2) is 5.61. The van der Waals surface area contributed by atoms with Gasteiger partial charge in [-0.2, -0.15) is 0 Å². The van der Waals surface area contributed by atoms with Crippen molar-refractivity contribution in [1.82, 2.24) is 19.9 Å². The van der Waals surface area contributed by atoms with Gasteiger partial charge in [-0.3, -0.25) is 9.78 Å². The fraction of sp³-hybridized carbons (Fsp3) is 0.412. The molecule has 0 aliphatic carbocycles. The number of rotatable bonds is 3. The Morgan fingerprint density at radius 3 is 2.52 bits per heavy atom. The Bertz CT molecular complexity index is 693. The summed E-state index contributed by atoms with van der Waals surface area (Å²) in [5, 5.41) is 0. The van der Waals surface area contributed by atoms with Crippen molar-refractivity contribution in [2.75, 3.05) is 24.5 Å². The van der Waals surface area contributed by atoms with Gasteiger partial charge in [0.1, 0.15) is 0 Å². The minimum absolute atomic E-state index is 0.0289. The number of hydrogen-bond acceptors (Lipinski definition) is 5. The predicted molar refractivity (Wildman–Crippen MR) is 85.9 cm³/mol. The van der Waals surface area contributed by atoms with Gasteiger partial charge in [0, 0.05) is 43.9 Å². The van der Waals surface area contributed by atoms with Gasteiger partial charge < -0.3 is 9.80 Å². The Kier molecular flexibility index (Phi) is 3.44. The van der Waals surface area contributed by atoms with E-state index in [1.54, 1.807) is 18.6 Å². The van der Waals surface area contributed by atoms with Crippen molar-refractivity contribution < 1.29 is 4.79 Å². The molecule has 0 aromatic carbocycles. The zero-order valence-electron chi connectivity index (χ0n) is 12.9. The molecule has 4 rings (SSSR count). The molecule has 2 aromatic rings. The highest BCUT2D eigenvalue weighted by molar-refractivity contribution is 5.79. The van der Waals surface area contributed by atoms with Crippen LogP contribution >= 0.6 is 0 Å². The van der Waals surface area contributed by atoms with Crippen LogP contribution in [0.2, 0.25) is 0 Å². The first-order valence-corrected chi connectivity index (χ1v) is 7.99. The molecule has 0 unspecified atom stereocenters. The first-order chi connectivity index (χ1) is 11.3. The van der Waals surface area contributed by atoms with Crippen LogP contribution in [0.5, 0.6) is 0 Å². The summed E-state index contributed by atoms with van der Waals surface area (Å²) in [6.07, 6.45) is 7.73. The van der Waals surface area contributed by atoms with Gasteiger partial charge in [0.15, 0.2) is 0 Å². The number of likely N-dealkylation sites (tertiary alicyclic amines) is 1. The van der Waals surface area contributed by atoms with Crippen LogP contribution in [-0.2, 0) is 11.2 Å². The third kappa shape index (κ3) is 2.54. The average Bonchev–Trinajstić information content (AvgIpc) is 3.04. The zero-order chi connectivity index (χ0) is 15.7. The van der Waals surface area contributed by atoms with Crippen LogP contribution in [0, 0.1) is 0 Å². The van der Waals surface area contributed by atoms with Gasteiger partial charge in [0.05, 0.1) is 12.0 Å². The zero-order valence-corrected chi connectivity index (χ0v) is 12.9. The smallest absolute Gasteiger partial charge is 0.228 e. The molecular formula is C17H19N5O. The van der Waals surface area contributed by atoms with E-state index in [2.05, 4.69) is 19.9 Å². The van der Waals surface area contributed by atoms with E-state index in [0.29, 0.717) is 6.42 Å². The molecule has 0 radical (unpaired) electrons. The fourth-order valence-corrected chi connectivity index (χ4v) is 3.55. The highest BCUT2D eigenvalue weighted by Crippen LogP contribution is 2.40. The molecule has 6 nitrogen and oxygen atoms in total. The first-order valence-electron chi connectivity index (χ1n) is 7.99. The Hall–Kier alpha value is -2.50. The summed E-state index contributed by atoms with van der Waals surface area (Å²) >= 11 is 0. The molecular weight excluding hydrogens is 290 g/mol. The van der Waals surface area contributed by atoms with Crippen LogP contribution in [0.25, 0.3) is 0 Å². The van der Waals surface area contributed by atoms with Crippen molar-refractivity contribution in [2.24, 2.45) is 0 Å². The lowest BCUT2D eigenvalue weighted by Gasteiger charge is -2.50. The predicted octanol–water partition coefficient (Wildman–Crippen LogP) is 1.30. The summed E-state index contributed by atoms with van der Waals surface area (Å²) in [6.45, 7) is 2.53. The summed E-state index contributed by atoms with van der Waals surface area (Å²) in [5.74, 6) is 0.930. The largest absolute Gasteiger partial charge is 0.340 e. The average molecular weight is 309 g/mol. The first kappa shape index (κ1) is 14.1. The third-order valence-corrected chi connectivity index (χ3v) is 4.91. The molecule has 118 valence electrons. The Balaban J connectivity index is 1.44. The topological polar surface area (TPSA) is 62.2 Å². The molecule has 2 fully saturated rings. The molecule has 6 heteroatoms. The molecule has 0 bridgehead atoms. The monoisotopic (exact) mass is 309 g/mol. The van der Waals surface area contributed by atoms with E-state index in [-0.39, 0.29) is 11.4 Å². The molecule has 2 saturated heterocycles. The van der Waals surface area contributed by atoms with Crippen LogP contribution in [0.3, 0.4) is 0 Å². The summed E-state index contributed by atoms with van der Waals surface area (Å²) in [7, 11) is 0. The number of anilines is 1. The molecule has 1 spiro atoms. The van der Waals surface area contributed by atoms with Gasteiger partial charge in [0.25, 0.3) is 0 Å². The lowest BCUT2D eigenvalue weighted by atomic mass is 9.84. The van der Waals surface area contributed by atoms with Gasteiger partial charge in [-0.05, 0) is 31.0 Å². The maximum atomic E-state index is 12.5. The SMILES string of the molecule is O=C(Cc1ccccn1)N1CC[C@]2(CCN2c2ncccn2)C1. The highest BCUT2D eigenvalue weighted by atomic mass is 16.2. The quantitative estimate of drug-likeness (QED) is 0.855. The van der Waals surface area contributed by atoms with Gasteiger partial charge in [0.2, 0.25) is 11.9 Å². The summed E-state index contributed by atoms with van der Waals surface area (Å²) in [4.78, 5) is 29.7. The van der Waals surface area contributed by atoms with Crippen molar-refractivity contribution >= 4 is 11.9 Å². The van der Waals surface area contributed by atoms with E-state index in [9.17, 15) is 4.79 Å². The number of nitrogens with zero attached hydrogens (tertiary/aromatic N) is 5. The normalized spacial score (nSPS) is 23.1. The van der Waals surface area contributed by atoms with E-state index in [4.69, 9.17) is 0 Å². The molecule has 4 heterocycles. The minimum Gasteiger partial charge on any atom is -0.340 e. The van der Waals surface area contributed by atoms with Crippen LogP contribution in [0.4, 0.5) is 5.95 Å².